The third kappa shape index (κ3) is 4.75. The second kappa shape index (κ2) is 9.01. The maximum atomic E-state index is 13.2. The van der Waals surface area contributed by atoms with Crippen molar-refractivity contribution in [3.05, 3.63) is 89.4 Å². The second-order valence-corrected chi connectivity index (χ2v) is 8.59. The first-order chi connectivity index (χ1) is 15.7. The molecule has 164 valence electrons. The third-order valence-electron chi connectivity index (χ3n) is 6.04. The SMILES string of the molecule is O=C(NC1CC1)c1ccc(CN(CC(=O)N2CCc3ccccc32)Cc2ccco2)cc1. The molecule has 0 bridgehead atoms. The number of rotatable bonds is 8. The summed E-state index contributed by atoms with van der Waals surface area (Å²) in [5, 5.41) is 3.01. The first-order valence-corrected chi connectivity index (χ1v) is 11.2. The van der Waals surface area contributed by atoms with Crippen LogP contribution in [0.3, 0.4) is 0 Å². The van der Waals surface area contributed by atoms with E-state index in [0.717, 1.165) is 42.8 Å². The van der Waals surface area contributed by atoms with Crippen LogP contribution in [0.25, 0.3) is 0 Å². The van der Waals surface area contributed by atoms with Crippen molar-refractivity contribution >= 4 is 17.5 Å². The van der Waals surface area contributed by atoms with E-state index in [1.54, 1.807) is 6.26 Å². The quantitative estimate of drug-likeness (QED) is 0.592. The molecule has 1 fully saturated rings. The average Bonchev–Trinajstić information content (AvgIpc) is 3.28. The fourth-order valence-electron chi connectivity index (χ4n) is 4.18. The van der Waals surface area contributed by atoms with Crippen LogP contribution in [-0.2, 0) is 24.3 Å². The number of benzene rings is 2. The van der Waals surface area contributed by atoms with Crippen molar-refractivity contribution in [3.63, 3.8) is 0 Å². The van der Waals surface area contributed by atoms with Crippen LogP contribution >= 0.6 is 0 Å². The monoisotopic (exact) mass is 429 g/mol. The van der Waals surface area contributed by atoms with Gasteiger partial charge in [-0.25, -0.2) is 0 Å². The predicted octanol–water partition coefficient (Wildman–Crippen LogP) is 3.76. The van der Waals surface area contributed by atoms with Crippen LogP contribution in [0.5, 0.6) is 0 Å². The molecule has 6 heteroatoms. The fraction of sp³-hybridized carbons (Fsp3) is 0.308. The summed E-state index contributed by atoms with van der Waals surface area (Å²) in [6, 6.07) is 19.9. The standard InChI is InChI=1S/C26H27N3O3/c30-25(29-14-13-20-4-1-2-6-24(20)29)18-28(17-23-5-3-15-32-23)16-19-7-9-21(10-8-19)26(31)27-22-11-12-22/h1-10,15,22H,11-14,16-18H2,(H,27,31). The number of carbonyl (C=O) groups excluding carboxylic acids is 2. The zero-order chi connectivity index (χ0) is 21.9. The number of carbonyl (C=O) groups is 2. The van der Waals surface area contributed by atoms with Crippen molar-refractivity contribution in [2.75, 3.05) is 18.0 Å². The van der Waals surface area contributed by atoms with Crippen LogP contribution in [0.4, 0.5) is 5.69 Å². The van der Waals surface area contributed by atoms with E-state index in [9.17, 15) is 9.59 Å². The van der Waals surface area contributed by atoms with Crippen molar-refractivity contribution < 1.29 is 14.0 Å². The van der Waals surface area contributed by atoms with Crippen molar-refractivity contribution in [2.45, 2.75) is 38.4 Å². The lowest BCUT2D eigenvalue weighted by Crippen LogP contribution is -2.39. The summed E-state index contributed by atoms with van der Waals surface area (Å²) >= 11 is 0. The van der Waals surface area contributed by atoms with Gasteiger partial charge in [0.1, 0.15) is 5.76 Å². The minimum Gasteiger partial charge on any atom is -0.468 e. The Morgan fingerprint density at radius 3 is 2.56 bits per heavy atom. The highest BCUT2D eigenvalue weighted by molar-refractivity contribution is 5.97. The molecule has 0 saturated heterocycles. The highest BCUT2D eigenvalue weighted by Gasteiger charge is 2.26. The Labute approximate surface area is 187 Å². The van der Waals surface area contributed by atoms with E-state index in [0.29, 0.717) is 31.2 Å². The summed E-state index contributed by atoms with van der Waals surface area (Å²) in [6.07, 6.45) is 4.69. The molecule has 32 heavy (non-hydrogen) atoms. The van der Waals surface area contributed by atoms with Crippen LogP contribution in [-0.4, -0.2) is 35.8 Å². The molecule has 2 aromatic carbocycles. The molecular weight excluding hydrogens is 402 g/mol. The van der Waals surface area contributed by atoms with Gasteiger partial charge in [-0.05, 0) is 60.7 Å². The first-order valence-electron chi connectivity index (χ1n) is 11.2. The molecule has 1 aliphatic carbocycles. The summed E-state index contributed by atoms with van der Waals surface area (Å²) in [5.41, 5.74) is 3.96. The third-order valence-corrected chi connectivity index (χ3v) is 6.04. The second-order valence-electron chi connectivity index (χ2n) is 8.59. The number of nitrogens with zero attached hydrogens (tertiary/aromatic N) is 2. The molecule has 1 aromatic heterocycles. The largest absolute Gasteiger partial charge is 0.468 e. The Hall–Kier alpha value is -3.38. The molecule has 5 rings (SSSR count). The Kier molecular flexibility index (Phi) is 5.77. The number of amides is 2. The highest BCUT2D eigenvalue weighted by Crippen LogP contribution is 2.27. The van der Waals surface area contributed by atoms with E-state index in [-0.39, 0.29) is 11.8 Å². The predicted molar refractivity (Wildman–Crippen MR) is 122 cm³/mol. The van der Waals surface area contributed by atoms with Gasteiger partial charge in [0.2, 0.25) is 5.91 Å². The van der Waals surface area contributed by atoms with Crippen LogP contribution in [0.2, 0.25) is 0 Å². The molecule has 0 radical (unpaired) electrons. The molecule has 0 atom stereocenters. The number of furan rings is 1. The topological polar surface area (TPSA) is 65.8 Å². The maximum absolute atomic E-state index is 13.2. The average molecular weight is 430 g/mol. The van der Waals surface area contributed by atoms with E-state index >= 15 is 0 Å². The van der Waals surface area contributed by atoms with E-state index in [4.69, 9.17) is 4.42 Å². The Morgan fingerprint density at radius 2 is 1.81 bits per heavy atom. The lowest BCUT2D eigenvalue weighted by molar-refractivity contribution is -0.120. The smallest absolute Gasteiger partial charge is 0.251 e. The number of hydrogen-bond acceptors (Lipinski definition) is 4. The molecule has 2 amide bonds. The normalized spacial score (nSPS) is 15.1. The van der Waals surface area contributed by atoms with Gasteiger partial charge >= 0.3 is 0 Å². The molecule has 0 unspecified atom stereocenters. The molecule has 2 aliphatic rings. The molecule has 1 aliphatic heterocycles. The summed E-state index contributed by atoms with van der Waals surface area (Å²) < 4.78 is 5.54. The van der Waals surface area contributed by atoms with Gasteiger partial charge in [0.15, 0.2) is 0 Å². The molecule has 6 nitrogen and oxygen atoms in total. The van der Waals surface area contributed by atoms with Crippen LogP contribution in [0.15, 0.2) is 71.3 Å². The Balaban J connectivity index is 1.28. The zero-order valence-corrected chi connectivity index (χ0v) is 18.0. The zero-order valence-electron chi connectivity index (χ0n) is 18.0. The molecule has 1 saturated carbocycles. The van der Waals surface area contributed by atoms with Gasteiger partial charge in [-0.15, -0.1) is 0 Å². The maximum Gasteiger partial charge on any atom is 0.251 e. The van der Waals surface area contributed by atoms with Gasteiger partial charge in [-0.3, -0.25) is 14.5 Å². The Morgan fingerprint density at radius 1 is 1.00 bits per heavy atom. The van der Waals surface area contributed by atoms with E-state index in [1.165, 1.54) is 5.56 Å². The minimum atomic E-state index is -0.0191. The minimum absolute atomic E-state index is 0.0191. The number of fused-ring (bicyclic) bond motifs is 1. The van der Waals surface area contributed by atoms with E-state index in [2.05, 4.69) is 16.3 Å². The number of hydrogen-bond donors (Lipinski definition) is 1. The molecule has 3 aromatic rings. The van der Waals surface area contributed by atoms with Gasteiger partial charge < -0.3 is 14.6 Å². The van der Waals surface area contributed by atoms with Crippen molar-refractivity contribution in [2.24, 2.45) is 0 Å². The number of nitrogens with one attached hydrogen (secondary N) is 1. The fourth-order valence-corrected chi connectivity index (χ4v) is 4.18. The van der Waals surface area contributed by atoms with Gasteiger partial charge in [-0.2, -0.15) is 0 Å². The molecule has 2 heterocycles. The van der Waals surface area contributed by atoms with Crippen molar-refractivity contribution in [1.82, 2.24) is 10.2 Å². The lowest BCUT2D eigenvalue weighted by atomic mass is 10.1. The summed E-state index contributed by atoms with van der Waals surface area (Å²) in [7, 11) is 0. The van der Waals surface area contributed by atoms with Crippen molar-refractivity contribution in [1.29, 1.82) is 0 Å². The first kappa shape index (κ1) is 20.5. The van der Waals surface area contributed by atoms with Crippen molar-refractivity contribution in [3.8, 4) is 0 Å². The van der Waals surface area contributed by atoms with Crippen LogP contribution in [0.1, 0.15) is 40.1 Å². The number of para-hydroxylation sites is 1. The highest BCUT2D eigenvalue weighted by atomic mass is 16.3. The lowest BCUT2D eigenvalue weighted by Gasteiger charge is -2.25. The van der Waals surface area contributed by atoms with Gasteiger partial charge in [0.05, 0.1) is 19.4 Å². The van der Waals surface area contributed by atoms with Crippen LogP contribution < -0.4 is 10.2 Å². The van der Waals surface area contributed by atoms with Gasteiger partial charge in [-0.1, -0.05) is 30.3 Å². The molecule has 0 spiro atoms. The summed E-state index contributed by atoms with van der Waals surface area (Å²) in [4.78, 5) is 29.4. The summed E-state index contributed by atoms with van der Waals surface area (Å²) in [6.45, 7) is 2.14. The van der Waals surface area contributed by atoms with Gasteiger partial charge in [0.25, 0.3) is 5.91 Å². The van der Waals surface area contributed by atoms with E-state index in [1.807, 2.05) is 59.5 Å². The Bertz CT molecular complexity index is 1090. The van der Waals surface area contributed by atoms with E-state index < -0.39 is 0 Å². The van der Waals surface area contributed by atoms with Gasteiger partial charge in [0, 0.05) is 30.4 Å². The summed E-state index contributed by atoms with van der Waals surface area (Å²) in [5.74, 6) is 0.886. The molecular formula is C26H27N3O3. The number of anilines is 1. The van der Waals surface area contributed by atoms with Crippen LogP contribution in [0, 0.1) is 0 Å². The molecule has 1 N–H and O–H groups in total.